The zero-order chi connectivity index (χ0) is 14.1. The van der Waals surface area contributed by atoms with Crippen molar-refractivity contribution in [1.82, 2.24) is 0 Å². The van der Waals surface area contributed by atoms with Crippen molar-refractivity contribution in [3.8, 4) is 11.5 Å². The Morgan fingerprint density at radius 1 is 1.20 bits per heavy atom. The van der Waals surface area contributed by atoms with E-state index in [9.17, 15) is 4.39 Å². The van der Waals surface area contributed by atoms with Gasteiger partial charge in [0.1, 0.15) is 23.4 Å². The molecular weight excluding hydrogens is 257 g/mol. The Kier molecular flexibility index (Phi) is 3.32. The van der Waals surface area contributed by atoms with Gasteiger partial charge in [0.25, 0.3) is 0 Å². The first-order chi connectivity index (χ1) is 9.69. The third-order valence-electron chi connectivity index (χ3n) is 3.61. The minimum Gasteiger partial charge on any atom is -0.497 e. The topological polar surface area (TPSA) is 44.5 Å². The second-order valence-electron chi connectivity index (χ2n) is 4.87. The lowest BCUT2D eigenvalue weighted by atomic mass is 9.93. The highest BCUT2D eigenvalue weighted by molar-refractivity contribution is 5.44. The number of methoxy groups -OCH3 is 1. The summed E-state index contributed by atoms with van der Waals surface area (Å²) >= 11 is 0. The molecule has 1 heterocycles. The van der Waals surface area contributed by atoms with E-state index in [1.165, 1.54) is 6.07 Å². The number of benzene rings is 2. The molecule has 2 aromatic carbocycles. The lowest BCUT2D eigenvalue weighted by molar-refractivity contribution is 0.157. The number of ether oxygens (including phenoxy) is 2. The van der Waals surface area contributed by atoms with Crippen LogP contribution in [-0.2, 0) is 0 Å². The number of halogens is 1. The molecule has 0 fully saturated rings. The van der Waals surface area contributed by atoms with E-state index in [2.05, 4.69) is 0 Å². The minimum absolute atomic E-state index is 0.196. The fourth-order valence-electron chi connectivity index (χ4n) is 2.54. The van der Waals surface area contributed by atoms with Crippen LogP contribution in [0.1, 0.15) is 29.7 Å². The van der Waals surface area contributed by atoms with Gasteiger partial charge < -0.3 is 15.2 Å². The Hall–Kier alpha value is -2.07. The molecule has 0 bridgehead atoms. The van der Waals surface area contributed by atoms with Gasteiger partial charge in [-0.2, -0.15) is 0 Å². The lowest BCUT2D eigenvalue weighted by Gasteiger charge is -2.31. The molecule has 2 N–H and O–H groups in total. The first-order valence-corrected chi connectivity index (χ1v) is 6.53. The van der Waals surface area contributed by atoms with Gasteiger partial charge in [0.2, 0.25) is 0 Å². The summed E-state index contributed by atoms with van der Waals surface area (Å²) in [5.41, 5.74) is 7.64. The summed E-state index contributed by atoms with van der Waals surface area (Å²) in [6.07, 6.45) is 0.188. The average Bonchev–Trinajstić information content (AvgIpc) is 2.47. The molecular formula is C16H16FNO2. The van der Waals surface area contributed by atoms with E-state index in [1.807, 2.05) is 18.2 Å². The summed E-state index contributed by atoms with van der Waals surface area (Å²) in [4.78, 5) is 0. The van der Waals surface area contributed by atoms with Crippen LogP contribution in [0.15, 0.2) is 42.5 Å². The van der Waals surface area contributed by atoms with Crippen LogP contribution in [0.3, 0.4) is 0 Å². The predicted molar refractivity (Wildman–Crippen MR) is 74.3 cm³/mol. The molecule has 4 heteroatoms. The van der Waals surface area contributed by atoms with Crippen molar-refractivity contribution in [1.29, 1.82) is 0 Å². The monoisotopic (exact) mass is 273 g/mol. The van der Waals surface area contributed by atoms with Crippen LogP contribution in [0, 0.1) is 5.82 Å². The van der Waals surface area contributed by atoms with Crippen molar-refractivity contribution in [2.45, 2.75) is 18.6 Å². The summed E-state index contributed by atoms with van der Waals surface area (Å²) < 4.78 is 24.9. The number of nitrogens with two attached hydrogens (primary N) is 1. The summed E-state index contributed by atoms with van der Waals surface area (Å²) in [6.45, 7) is 0. The molecule has 0 saturated heterocycles. The Labute approximate surface area is 117 Å². The van der Waals surface area contributed by atoms with Gasteiger partial charge in [0.05, 0.1) is 7.11 Å². The van der Waals surface area contributed by atoms with E-state index < -0.39 is 0 Å². The fraction of sp³-hybridized carbons (Fsp3) is 0.250. The summed E-state index contributed by atoms with van der Waals surface area (Å²) in [5, 5.41) is 0. The molecule has 1 aliphatic rings. The standard InChI is InChI=1S/C16H16FNO2/c1-19-10-6-7-15-12(8-10)14(18)9-16(20-15)11-4-2-3-5-13(11)17/h2-8,14,16H,9,18H2,1H3/t14-,16?/m1/s1. The molecule has 0 radical (unpaired) electrons. The molecule has 0 saturated carbocycles. The Morgan fingerprint density at radius 2 is 2.00 bits per heavy atom. The van der Waals surface area contributed by atoms with Gasteiger partial charge in [-0.3, -0.25) is 0 Å². The van der Waals surface area contributed by atoms with Crippen molar-refractivity contribution < 1.29 is 13.9 Å². The molecule has 0 spiro atoms. The zero-order valence-electron chi connectivity index (χ0n) is 11.2. The summed E-state index contributed by atoms with van der Waals surface area (Å²) in [6, 6.07) is 12.0. The highest BCUT2D eigenvalue weighted by atomic mass is 19.1. The van der Waals surface area contributed by atoms with Crippen molar-refractivity contribution in [2.75, 3.05) is 7.11 Å². The fourth-order valence-corrected chi connectivity index (χ4v) is 2.54. The molecule has 104 valence electrons. The van der Waals surface area contributed by atoms with Crippen LogP contribution in [-0.4, -0.2) is 7.11 Å². The molecule has 1 unspecified atom stereocenters. The van der Waals surface area contributed by atoms with Gasteiger partial charge in [0, 0.05) is 23.6 Å². The largest absolute Gasteiger partial charge is 0.497 e. The van der Waals surface area contributed by atoms with Gasteiger partial charge in [-0.05, 0) is 24.3 Å². The maximum atomic E-state index is 13.9. The normalized spacial score (nSPS) is 20.9. The van der Waals surface area contributed by atoms with E-state index in [4.69, 9.17) is 15.2 Å². The maximum Gasteiger partial charge on any atom is 0.130 e. The second-order valence-corrected chi connectivity index (χ2v) is 4.87. The molecule has 2 aromatic rings. The number of fused-ring (bicyclic) bond motifs is 1. The average molecular weight is 273 g/mol. The number of rotatable bonds is 2. The Bertz CT molecular complexity index is 630. The van der Waals surface area contributed by atoms with Crippen LogP contribution in [0.25, 0.3) is 0 Å². The Balaban J connectivity index is 1.95. The van der Waals surface area contributed by atoms with E-state index >= 15 is 0 Å². The minimum atomic E-state index is -0.355. The quantitative estimate of drug-likeness (QED) is 0.912. The molecule has 3 nitrogen and oxygen atoms in total. The molecule has 20 heavy (non-hydrogen) atoms. The van der Waals surface area contributed by atoms with E-state index in [-0.39, 0.29) is 18.0 Å². The van der Waals surface area contributed by atoms with Crippen molar-refractivity contribution in [2.24, 2.45) is 5.73 Å². The second kappa shape index (κ2) is 5.13. The van der Waals surface area contributed by atoms with Crippen LogP contribution >= 0.6 is 0 Å². The maximum absolute atomic E-state index is 13.9. The molecule has 3 rings (SSSR count). The molecule has 0 aliphatic carbocycles. The van der Waals surface area contributed by atoms with Crippen LogP contribution in [0.2, 0.25) is 0 Å². The SMILES string of the molecule is COc1ccc2c(c1)[C@H](N)CC(c1ccccc1F)O2. The highest BCUT2D eigenvalue weighted by Gasteiger charge is 2.28. The summed E-state index contributed by atoms with van der Waals surface area (Å²) in [7, 11) is 1.61. The van der Waals surface area contributed by atoms with Crippen LogP contribution < -0.4 is 15.2 Å². The van der Waals surface area contributed by atoms with Gasteiger partial charge in [-0.1, -0.05) is 18.2 Å². The highest BCUT2D eigenvalue weighted by Crippen LogP contribution is 2.41. The smallest absolute Gasteiger partial charge is 0.130 e. The van der Waals surface area contributed by atoms with Gasteiger partial charge >= 0.3 is 0 Å². The van der Waals surface area contributed by atoms with E-state index in [0.717, 1.165) is 11.3 Å². The van der Waals surface area contributed by atoms with Crippen molar-refractivity contribution >= 4 is 0 Å². The molecule has 1 aliphatic heterocycles. The van der Waals surface area contributed by atoms with Crippen LogP contribution in [0.4, 0.5) is 4.39 Å². The summed E-state index contributed by atoms with van der Waals surface area (Å²) in [5.74, 6) is 1.17. The Morgan fingerprint density at radius 3 is 2.75 bits per heavy atom. The van der Waals surface area contributed by atoms with E-state index in [1.54, 1.807) is 25.3 Å². The van der Waals surface area contributed by atoms with Crippen molar-refractivity contribution in [3.05, 3.63) is 59.4 Å². The third kappa shape index (κ3) is 2.23. The molecule has 0 aromatic heterocycles. The molecule has 0 amide bonds. The number of hydrogen-bond donors (Lipinski definition) is 1. The third-order valence-corrected chi connectivity index (χ3v) is 3.61. The number of hydrogen-bond acceptors (Lipinski definition) is 3. The van der Waals surface area contributed by atoms with Gasteiger partial charge in [-0.25, -0.2) is 4.39 Å². The van der Waals surface area contributed by atoms with Crippen LogP contribution in [0.5, 0.6) is 11.5 Å². The lowest BCUT2D eigenvalue weighted by Crippen LogP contribution is -2.24. The zero-order valence-corrected chi connectivity index (χ0v) is 11.2. The van der Waals surface area contributed by atoms with Gasteiger partial charge in [0.15, 0.2) is 0 Å². The first kappa shape index (κ1) is 12.9. The van der Waals surface area contributed by atoms with Crippen molar-refractivity contribution in [3.63, 3.8) is 0 Å². The first-order valence-electron chi connectivity index (χ1n) is 6.53. The predicted octanol–water partition coefficient (Wildman–Crippen LogP) is 3.36. The van der Waals surface area contributed by atoms with Gasteiger partial charge in [-0.15, -0.1) is 0 Å². The van der Waals surface area contributed by atoms with E-state index in [0.29, 0.717) is 17.7 Å². The molecule has 2 atom stereocenters.